The molecular weight excluding hydrogens is 196 g/mol. The Morgan fingerprint density at radius 2 is 2.00 bits per heavy atom. The average Bonchev–Trinajstić information content (AvgIpc) is 2.76. The van der Waals surface area contributed by atoms with E-state index in [1.165, 1.54) is 6.26 Å². The van der Waals surface area contributed by atoms with Crippen molar-refractivity contribution in [2.75, 3.05) is 5.32 Å². The molecule has 15 heavy (non-hydrogen) atoms. The lowest BCUT2D eigenvalue weighted by Crippen LogP contribution is -2.06. The summed E-state index contributed by atoms with van der Waals surface area (Å²) >= 11 is 0. The molecule has 0 atom stereocenters. The second kappa shape index (κ2) is 6.20. The fourth-order valence-electron chi connectivity index (χ4n) is 0.821. The Morgan fingerprint density at radius 3 is 2.40 bits per heavy atom. The van der Waals surface area contributed by atoms with Crippen molar-refractivity contribution in [3.8, 4) is 0 Å². The first kappa shape index (κ1) is 10.8. The molecule has 0 saturated heterocycles. The maximum absolute atomic E-state index is 10.1. The van der Waals surface area contributed by atoms with Crippen LogP contribution in [0.5, 0.6) is 0 Å². The molecule has 5 heteroatoms. The third-order valence-electron chi connectivity index (χ3n) is 1.37. The topological polar surface area (TPSA) is 75.4 Å². The molecule has 0 saturated carbocycles. The van der Waals surface area contributed by atoms with Crippen molar-refractivity contribution in [1.29, 1.82) is 0 Å². The minimum atomic E-state index is -1.04. The zero-order chi connectivity index (χ0) is 10.9. The van der Waals surface area contributed by atoms with Crippen molar-refractivity contribution in [2.45, 2.75) is 0 Å². The van der Waals surface area contributed by atoms with Gasteiger partial charge in [-0.1, -0.05) is 23.4 Å². The Labute approximate surface area is 86.3 Å². The van der Waals surface area contributed by atoms with E-state index in [0.717, 1.165) is 0 Å². The van der Waals surface area contributed by atoms with Gasteiger partial charge in [-0.05, 0) is 18.2 Å². The van der Waals surface area contributed by atoms with Crippen LogP contribution >= 0.6 is 0 Å². The van der Waals surface area contributed by atoms with Crippen LogP contribution in [0.4, 0.5) is 10.5 Å². The van der Waals surface area contributed by atoms with E-state index in [1.54, 1.807) is 36.5 Å². The summed E-state index contributed by atoms with van der Waals surface area (Å²) in [5, 5.41) is 13.8. The molecule has 0 aliphatic heterocycles. The Bertz CT molecular complexity index is 356. The molecule has 5 nitrogen and oxygen atoms in total. The fraction of sp³-hybridized carbons (Fsp3) is 0. The Balaban J connectivity index is 0.000000187. The van der Waals surface area contributed by atoms with Crippen LogP contribution in [-0.2, 0) is 0 Å². The molecule has 78 valence electrons. The molecule has 0 aliphatic carbocycles. The minimum Gasteiger partial charge on any atom is -0.465 e. The van der Waals surface area contributed by atoms with Crippen molar-refractivity contribution < 1.29 is 14.4 Å². The van der Waals surface area contributed by atoms with Gasteiger partial charge in [0.25, 0.3) is 0 Å². The molecule has 1 aromatic heterocycles. The SMILES string of the molecule is O=C(O)Nc1ccccc1.c1cnoc1. The number of nitrogens with one attached hydrogen (secondary N) is 1. The van der Waals surface area contributed by atoms with Gasteiger partial charge in [0.2, 0.25) is 0 Å². The smallest absolute Gasteiger partial charge is 0.409 e. The predicted molar refractivity (Wildman–Crippen MR) is 54.6 cm³/mol. The zero-order valence-electron chi connectivity index (χ0n) is 7.83. The summed E-state index contributed by atoms with van der Waals surface area (Å²) in [4.78, 5) is 10.1. The van der Waals surface area contributed by atoms with Gasteiger partial charge in [0.15, 0.2) is 0 Å². The number of rotatable bonds is 1. The predicted octanol–water partition coefficient (Wildman–Crippen LogP) is 2.45. The van der Waals surface area contributed by atoms with Gasteiger partial charge < -0.3 is 9.63 Å². The van der Waals surface area contributed by atoms with E-state index in [4.69, 9.17) is 5.11 Å². The highest BCUT2D eigenvalue weighted by Gasteiger charge is 1.93. The van der Waals surface area contributed by atoms with Gasteiger partial charge in [0, 0.05) is 5.69 Å². The van der Waals surface area contributed by atoms with E-state index in [0.29, 0.717) is 5.69 Å². The molecule has 1 aromatic carbocycles. The summed E-state index contributed by atoms with van der Waals surface area (Å²) in [6.45, 7) is 0. The van der Waals surface area contributed by atoms with Crippen molar-refractivity contribution >= 4 is 11.8 Å². The maximum Gasteiger partial charge on any atom is 0.409 e. The average molecular weight is 206 g/mol. The highest BCUT2D eigenvalue weighted by Crippen LogP contribution is 2.03. The summed E-state index contributed by atoms with van der Waals surface area (Å²) in [6.07, 6.45) is 2.06. The maximum atomic E-state index is 10.1. The van der Waals surface area contributed by atoms with E-state index in [2.05, 4.69) is 15.0 Å². The number of carbonyl (C=O) groups is 1. The van der Waals surface area contributed by atoms with E-state index in [9.17, 15) is 4.79 Å². The molecule has 0 radical (unpaired) electrons. The summed E-state index contributed by atoms with van der Waals surface area (Å²) in [6, 6.07) is 10.5. The highest BCUT2D eigenvalue weighted by atomic mass is 16.5. The van der Waals surface area contributed by atoms with E-state index in [1.807, 2.05) is 6.07 Å². The van der Waals surface area contributed by atoms with Gasteiger partial charge in [-0.15, -0.1) is 0 Å². The fourth-order valence-corrected chi connectivity index (χ4v) is 0.821. The molecule has 1 amide bonds. The van der Waals surface area contributed by atoms with Gasteiger partial charge in [-0.25, -0.2) is 4.79 Å². The van der Waals surface area contributed by atoms with E-state index >= 15 is 0 Å². The van der Waals surface area contributed by atoms with Crippen LogP contribution < -0.4 is 5.32 Å². The lowest BCUT2D eigenvalue weighted by atomic mass is 10.3. The molecule has 2 rings (SSSR count). The van der Waals surface area contributed by atoms with E-state index < -0.39 is 6.09 Å². The number of para-hydroxylation sites is 1. The molecule has 1 heterocycles. The molecule has 0 fully saturated rings. The van der Waals surface area contributed by atoms with E-state index in [-0.39, 0.29) is 0 Å². The van der Waals surface area contributed by atoms with Crippen LogP contribution in [0.25, 0.3) is 0 Å². The summed E-state index contributed by atoms with van der Waals surface area (Å²) in [7, 11) is 0. The van der Waals surface area contributed by atoms with Gasteiger partial charge >= 0.3 is 6.09 Å². The normalized spacial score (nSPS) is 8.53. The minimum absolute atomic E-state index is 0.593. The van der Waals surface area contributed by atoms with Crippen LogP contribution in [-0.4, -0.2) is 16.4 Å². The first-order valence-electron chi connectivity index (χ1n) is 4.18. The molecule has 0 aliphatic rings. The molecule has 0 spiro atoms. The number of hydrogen-bond acceptors (Lipinski definition) is 3. The standard InChI is InChI=1S/C7H7NO2.C3H3NO/c9-7(10)8-6-4-2-1-3-5-6;1-2-4-5-3-1/h1-5,8H,(H,9,10);1-3H. The van der Waals surface area contributed by atoms with Gasteiger partial charge in [-0.3, -0.25) is 5.32 Å². The van der Waals surface area contributed by atoms with Crippen molar-refractivity contribution in [1.82, 2.24) is 5.16 Å². The number of anilines is 1. The van der Waals surface area contributed by atoms with Crippen LogP contribution in [0.1, 0.15) is 0 Å². The first-order valence-corrected chi connectivity index (χ1v) is 4.18. The van der Waals surface area contributed by atoms with Crippen molar-refractivity contribution in [3.05, 3.63) is 48.9 Å². The molecule has 0 unspecified atom stereocenters. The number of benzene rings is 1. The summed E-state index contributed by atoms with van der Waals surface area (Å²) in [5.74, 6) is 0. The van der Waals surface area contributed by atoms with Crippen LogP contribution in [0, 0.1) is 0 Å². The van der Waals surface area contributed by atoms with Crippen LogP contribution in [0.2, 0.25) is 0 Å². The number of carboxylic acid groups (broad SMARTS) is 1. The van der Waals surface area contributed by atoms with Gasteiger partial charge in [-0.2, -0.15) is 0 Å². The number of nitrogens with zero attached hydrogens (tertiary/aromatic N) is 1. The zero-order valence-corrected chi connectivity index (χ0v) is 7.83. The second-order valence-electron chi connectivity index (χ2n) is 2.48. The quantitative estimate of drug-likeness (QED) is 0.751. The van der Waals surface area contributed by atoms with Gasteiger partial charge in [0.05, 0.1) is 6.20 Å². The highest BCUT2D eigenvalue weighted by molar-refractivity contribution is 5.82. The molecule has 2 N–H and O–H groups in total. The monoisotopic (exact) mass is 206 g/mol. The van der Waals surface area contributed by atoms with Crippen molar-refractivity contribution in [3.63, 3.8) is 0 Å². The Morgan fingerprint density at radius 1 is 1.27 bits per heavy atom. The molecule has 2 aromatic rings. The Kier molecular flexibility index (Phi) is 4.45. The summed E-state index contributed by atoms with van der Waals surface area (Å²) in [5.41, 5.74) is 0.593. The third kappa shape index (κ3) is 5.09. The molecular formula is C10H10N2O3. The Hall–Kier alpha value is -2.30. The summed E-state index contributed by atoms with van der Waals surface area (Å²) < 4.78 is 4.33. The number of aromatic nitrogens is 1. The molecule has 0 bridgehead atoms. The van der Waals surface area contributed by atoms with Crippen LogP contribution in [0.15, 0.2) is 53.4 Å². The lowest BCUT2D eigenvalue weighted by molar-refractivity contribution is 0.210. The van der Waals surface area contributed by atoms with Crippen molar-refractivity contribution in [2.24, 2.45) is 0 Å². The van der Waals surface area contributed by atoms with Gasteiger partial charge in [0.1, 0.15) is 6.26 Å². The lowest BCUT2D eigenvalue weighted by Gasteiger charge is -1.96. The largest absolute Gasteiger partial charge is 0.465 e. The second-order valence-corrected chi connectivity index (χ2v) is 2.48. The van der Waals surface area contributed by atoms with Crippen LogP contribution in [0.3, 0.4) is 0 Å². The number of amides is 1. The number of hydrogen-bond donors (Lipinski definition) is 2. The first-order chi connectivity index (χ1) is 7.29. The third-order valence-corrected chi connectivity index (χ3v) is 1.37.